The van der Waals surface area contributed by atoms with E-state index in [0.717, 1.165) is 24.0 Å². The molecule has 8 heteroatoms. The zero-order chi connectivity index (χ0) is 22.7. The molecular formula is C24H27N5O3. The van der Waals surface area contributed by atoms with Crippen molar-refractivity contribution in [3.63, 3.8) is 0 Å². The number of hydrogen-bond acceptors (Lipinski definition) is 5. The van der Waals surface area contributed by atoms with E-state index in [9.17, 15) is 14.7 Å². The molecule has 1 N–H and O–H groups in total. The fourth-order valence-corrected chi connectivity index (χ4v) is 4.73. The van der Waals surface area contributed by atoms with Gasteiger partial charge in [0.1, 0.15) is 0 Å². The Morgan fingerprint density at radius 3 is 2.25 bits per heavy atom. The van der Waals surface area contributed by atoms with Gasteiger partial charge in [-0.2, -0.15) is 0 Å². The molecule has 0 radical (unpaired) electrons. The van der Waals surface area contributed by atoms with Crippen LogP contribution in [0.1, 0.15) is 50.9 Å². The van der Waals surface area contributed by atoms with Crippen molar-refractivity contribution in [2.75, 3.05) is 4.90 Å². The maximum atomic E-state index is 14.0. The third-order valence-electron chi connectivity index (χ3n) is 6.39. The number of nitrogens with zero attached hydrogens (tertiary/aromatic N) is 5. The number of aromatic nitrogens is 4. The predicted octanol–water partition coefficient (Wildman–Crippen LogP) is 4.01. The second kappa shape index (κ2) is 8.90. The average Bonchev–Trinajstić information content (AvgIpc) is 3.44. The molecule has 3 aromatic rings. The number of carbonyl (C=O) groups excluding carboxylic acids is 1. The first-order valence-corrected chi connectivity index (χ1v) is 10.8. The van der Waals surface area contributed by atoms with Crippen LogP contribution in [0.25, 0.3) is 11.1 Å². The van der Waals surface area contributed by atoms with Crippen LogP contribution in [0.15, 0.2) is 54.6 Å². The molecule has 2 aromatic carbocycles. The van der Waals surface area contributed by atoms with Gasteiger partial charge in [0.15, 0.2) is 5.82 Å². The summed E-state index contributed by atoms with van der Waals surface area (Å²) in [6.07, 6.45) is 2.66. The number of anilines is 1. The molecule has 8 nitrogen and oxygen atoms in total. The summed E-state index contributed by atoms with van der Waals surface area (Å²) in [5.41, 5.74) is 1.91. The Bertz CT molecular complexity index is 1090. The van der Waals surface area contributed by atoms with Crippen LogP contribution in [0.2, 0.25) is 0 Å². The number of amides is 1. The summed E-state index contributed by atoms with van der Waals surface area (Å²) >= 11 is 0. The fourth-order valence-electron chi connectivity index (χ4n) is 4.73. The van der Waals surface area contributed by atoms with Crippen LogP contribution < -0.4 is 4.90 Å². The highest BCUT2D eigenvalue weighted by Crippen LogP contribution is 2.45. The van der Waals surface area contributed by atoms with Crippen molar-refractivity contribution in [1.82, 2.24) is 20.2 Å². The summed E-state index contributed by atoms with van der Waals surface area (Å²) in [5, 5.41) is 21.3. The molecule has 4 rings (SSSR count). The van der Waals surface area contributed by atoms with Crippen molar-refractivity contribution in [3.8, 4) is 11.1 Å². The number of rotatable bonds is 7. The number of carboxylic acids is 1. The molecule has 1 amide bonds. The van der Waals surface area contributed by atoms with Crippen molar-refractivity contribution in [2.45, 2.75) is 45.1 Å². The van der Waals surface area contributed by atoms with Crippen molar-refractivity contribution in [1.29, 1.82) is 0 Å². The third-order valence-corrected chi connectivity index (χ3v) is 6.39. The molecule has 1 fully saturated rings. The molecule has 0 saturated heterocycles. The first-order valence-electron chi connectivity index (χ1n) is 10.8. The standard InChI is InChI=1S/C24H27N5O3/c1-17(22-25-26-27-28(22)2)29(23(32)24(16-21(30)31)14-6-7-15-24)20-12-10-19(11-13-20)18-8-4-3-5-9-18/h3-5,8-13,17H,6-7,14-16H2,1-2H3,(H,30,31). The van der Waals surface area contributed by atoms with E-state index in [-0.39, 0.29) is 12.3 Å². The lowest BCUT2D eigenvalue weighted by Gasteiger charge is -2.36. The quantitative estimate of drug-likeness (QED) is 0.604. The van der Waals surface area contributed by atoms with Gasteiger partial charge in [0.05, 0.1) is 17.9 Å². The van der Waals surface area contributed by atoms with E-state index in [2.05, 4.69) is 15.5 Å². The van der Waals surface area contributed by atoms with Crippen LogP contribution in [0.4, 0.5) is 5.69 Å². The minimum Gasteiger partial charge on any atom is -0.481 e. The monoisotopic (exact) mass is 433 g/mol. The zero-order valence-corrected chi connectivity index (χ0v) is 18.3. The highest BCUT2D eigenvalue weighted by Gasteiger charge is 2.47. The van der Waals surface area contributed by atoms with Crippen molar-refractivity contribution in [3.05, 3.63) is 60.4 Å². The van der Waals surface area contributed by atoms with Crippen molar-refractivity contribution >= 4 is 17.6 Å². The van der Waals surface area contributed by atoms with E-state index in [0.29, 0.717) is 24.4 Å². The van der Waals surface area contributed by atoms with Gasteiger partial charge >= 0.3 is 5.97 Å². The van der Waals surface area contributed by atoms with Crippen LogP contribution in [0.5, 0.6) is 0 Å². The number of aryl methyl sites for hydroxylation is 1. The number of benzene rings is 2. The zero-order valence-electron chi connectivity index (χ0n) is 18.3. The van der Waals surface area contributed by atoms with Gasteiger partial charge in [0.25, 0.3) is 0 Å². The predicted molar refractivity (Wildman–Crippen MR) is 120 cm³/mol. The molecule has 1 aromatic heterocycles. The first-order chi connectivity index (χ1) is 15.4. The molecule has 1 unspecified atom stereocenters. The van der Waals surface area contributed by atoms with Gasteiger partial charge in [0.2, 0.25) is 5.91 Å². The summed E-state index contributed by atoms with van der Waals surface area (Å²) < 4.78 is 1.54. The largest absolute Gasteiger partial charge is 0.481 e. The molecule has 0 bridgehead atoms. The minimum absolute atomic E-state index is 0.172. The summed E-state index contributed by atoms with van der Waals surface area (Å²) in [4.78, 5) is 27.3. The third kappa shape index (κ3) is 4.12. The van der Waals surface area contributed by atoms with Crippen LogP contribution in [-0.4, -0.2) is 37.2 Å². The second-order valence-electron chi connectivity index (χ2n) is 8.48. The van der Waals surface area contributed by atoms with Gasteiger partial charge in [-0.1, -0.05) is 55.3 Å². The van der Waals surface area contributed by atoms with Gasteiger partial charge in [-0.3, -0.25) is 9.59 Å². The van der Waals surface area contributed by atoms with E-state index in [1.165, 1.54) is 0 Å². The van der Waals surface area contributed by atoms with Crippen molar-refractivity contribution in [2.24, 2.45) is 12.5 Å². The van der Waals surface area contributed by atoms with E-state index in [1.807, 2.05) is 61.5 Å². The van der Waals surface area contributed by atoms with Gasteiger partial charge in [-0.25, -0.2) is 4.68 Å². The SMILES string of the molecule is CC(c1nnnn1C)N(C(=O)C1(CC(=O)O)CCCC1)c1ccc(-c2ccccc2)cc1. The van der Waals surface area contributed by atoms with Crippen LogP contribution in [0.3, 0.4) is 0 Å². The normalized spacial score (nSPS) is 15.9. The fraction of sp³-hybridized carbons (Fsp3) is 0.375. The van der Waals surface area contributed by atoms with E-state index in [4.69, 9.17) is 0 Å². The van der Waals surface area contributed by atoms with Gasteiger partial charge in [0, 0.05) is 12.7 Å². The van der Waals surface area contributed by atoms with Crippen LogP contribution in [-0.2, 0) is 16.6 Å². The summed E-state index contributed by atoms with van der Waals surface area (Å²) in [7, 11) is 1.73. The Morgan fingerprint density at radius 1 is 1.06 bits per heavy atom. The molecular weight excluding hydrogens is 406 g/mol. The van der Waals surface area contributed by atoms with Crippen LogP contribution in [0, 0.1) is 5.41 Å². The molecule has 1 saturated carbocycles. The molecule has 0 aliphatic heterocycles. The molecule has 1 heterocycles. The van der Waals surface area contributed by atoms with Gasteiger partial charge in [-0.05, 0) is 53.5 Å². The summed E-state index contributed by atoms with van der Waals surface area (Å²) in [6, 6.07) is 17.3. The van der Waals surface area contributed by atoms with Gasteiger partial charge in [-0.15, -0.1) is 5.10 Å². The van der Waals surface area contributed by atoms with E-state index < -0.39 is 17.4 Å². The lowest BCUT2D eigenvalue weighted by molar-refractivity contribution is -0.144. The lowest BCUT2D eigenvalue weighted by Crippen LogP contribution is -2.45. The highest BCUT2D eigenvalue weighted by molar-refractivity contribution is 6.00. The molecule has 1 aliphatic rings. The molecule has 1 atom stereocenters. The molecule has 0 spiro atoms. The maximum Gasteiger partial charge on any atom is 0.304 e. The number of carbonyl (C=O) groups is 2. The van der Waals surface area contributed by atoms with E-state index >= 15 is 0 Å². The minimum atomic E-state index is -0.951. The number of carboxylic acid groups (broad SMARTS) is 1. The topological polar surface area (TPSA) is 101 Å². The summed E-state index contributed by atoms with van der Waals surface area (Å²) in [6.45, 7) is 1.87. The van der Waals surface area contributed by atoms with E-state index in [1.54, 1.807) is 16.6 Å². The van der Waals surface area contributed by atoms with Crippen LogP contribution >= 0.6 is 0 Å². The number of aliphatic carboxylic acids is 1. The Kier molecular flexibility index (Phi) is 6.03. The Morgan fingerprint density at radius 2 is 1.69 bits per heavy atom. The molecule has 1 aliphatic carbocycles. The number of tetrazole rings is 1. The van der Waals surface area contributed by atoms with Crippen molar-refractivity contribution < 1.29 is 14.7 Å². The smallest absolute Gasteiger partial charge is 0.304 e. The van der Waals surface area contributed by atoms with Gasteiger partial charge < -0.3 is 10.0 Å². The average molecular weight is 434 g/mol. The Balaban J connectivity index is 1.75. The molecule has 166 valence electrons. The Hall–Kier alpha value is -3.55. The number of hydrogen-bond donors (Lipinski definition) is 1. The Labute approximate surface area is 186 Å². The maximum absolute atomic E-state index is 14.0. The second-order valence-corrected chi connectivity index (χ2v) is 8.48. The first kappa shape index (κ1) is 21.7. The summed E-state index contributed by atoms with van der Waals surface area (Å²) in [5.74, 6) is -0.595. The molecule has 32 heavy (non-hydrogen) atoms. The lowest BCUT2D eigenvalue weighted by atomic mass is 9.80. The highest BCUT2D eigenvalue weighted by atomic mass is 16.4.